The van der Waals surface area contributed by atoms with Gasteiger partial charge in [0.1, 0.15) is 5.75 Å². The minimum absolute atomic E-state index is 0.166. The maximum atomic E-state index is 11.4. The molecule has 1 unspecified atom stereocenters. The van der Waals surface area contributed by atoms with Crippen molar-refractivity contribution >= 4 is 16.7 Å². The van der Waals surface area contributed by atoms with Crippen molar-refractivity contribution in [3.05, 3.63) is 66.6 Å². The lowest BCUT2D eigenvalue weighted by molar-refractivity contribution is -0.134. The van der Waals surface area contributed by atoms with E-state index in [0.29, 0.717) is 17.7 Å². The number of nitrogens with one attached hydrogen (secondary N) is 2. The van der Waals surface area contributed by atoms with Gasteiger partial charge in [0.15, 0.2) is 0 Å². The third-order valence-corrected chi connectivity index (χ3v) is 6.35. The highest BCUT2D eigenvalue weighted by molar-refractivity contribution is 5.84. The lowest BCUT2D eigenvalue weighted by atomic mass is 9.97. The molecule has 0 radical (unpaired) electrons. The van der Waals surface area contributed by atoms with E-state index in [2.05, 4.69) is 56.7 Å². The van der Waals surface area contributed by atoms with Crippen LogP contribution in [0.1, 0.15) is 31.9 Å². The summed E-state index contributed by atoms with van der Waals surface area (Å²) in [6.45, 7) is 6.46. The first-order valence-corrected chi connectivity index (χ1v) is 11.6. The van der Waals surface area contributed by atoms with E-state index in [1.54, 1.807) is 25.5 Å². The molecule has 0 spiro atoms. The van der Waals surface area contributed by atoms with Gasteiger partial charge < -0.3 is 15.0 Å². The zero-order valence-corrected chi connectivity index (χ0v) is 19.4. The Labute approximate surface area is 198 Å². The average Bonchev–Trinajstić information content (AvgIpc) is 3.36. The van der Waals surface area contributed by atoms with Crippen LogP contribution in [0.4, 0.5) is 0 Å². The molecule has 3 heterocycles. The van der Waals surface area contributed by atoms with Gasteiger partial charge in [-0.25, -0.2) is 9.97 Å². The summed E-state index contributed by atoms with van der Waals surface area (Å²) in [6, 6.07) is 15.0. The highest BCUT2D eigenvalue weighted by Crippen LogP contribution is 2.28. The number of hydrogen-bond acceptors (Lipinski definition) is 6. The smallest absolute Gasteiger partial charge is 0.321 e. The van der Waals surface area contributed by atoms with E-state index in [9.17, 15) is 4.79 Å². The van der Waals surface area contributed by atoms with Crippen molar-refractivity contribution in [2.45, 2.75) is 26.3 Å². The number of amides is 1. The number of rotatable bonds is 8. The molecule has 34 heavy (non-hydrogen) atoms. The van der Waals surface area contributed by atoms with E-state index >= 15 is 0 Å². The molecule has 174 valence electrons. The molecule has 1 aliphatic heterocycles. The standard InChI is InChI=1S/C26H28N6O2/c1-3-24(27-12-18-15-32(16-18)17(2)33)21-5-4-20-11-23(7-6-19(20)10-21)34-26-28-13-22(14-29-26)25-8-9-30-31-25/h4-11,13-14,18,24,27H,3,12,15-16H2,1-2H3,(H,30,31). The van der Waals surface area contributed by atoms with Gasteiger partial charge in [0.25, 0.3) is 0 Å². The molecular weight excluding hydrogens is 428 g/mol. The average molecular weight is 457 g/mol. The SMILES string of the molecule is CCC(NCC1CN(C(C)=O)C1)c1ccc2cc(Oc3ncc(-c4ccn[nH]4)cn3)ccc2c1. The second kappa shape index (κ2) is 9.61. The summed E-state index contributed by atoms with van der Waals surface area (Å²) in [5, 5.41) is 12.8. The van der Waals surface area contributed by atoms with E-state index in [4.69, 9.17) is 4.74 Å². The molecule has 1 fully saturated rings. The zero-order valence-electron chi connectivity index (χ0n) is 19.4. The van der Waals surface area contributed by atoms with E-state index in [0.717, 1.165) is 48.1 Å². The van der Waals surface area contributed by atoms with Gasteiger partial charge in [0.2, 0.25) is 5.91 Å². The van der Waals surface area contributed by atoms with Crippen LogP contribution in [0.3, 0.4) is 0 Å². The summed E-state index contributed by atoms with van der Waals surface area (Å²) < 4.78 is 5.88. The molecule has 0 aliphatic carbocycles. The van der Waals surface area contributed by atoms with Crippen LogP contribution in [0.15, 0.2) is 61.1 Å². The molecule has 2 aromatic carbocycles. The second-order valence-electron chi connectivity index (χ2n) is 8.75. The molecule has 1 amide bonds. The summed E-state index contributed by atoms with van der Waals surface area (Å²) >= 11 is 0. The van der Waals surface area contributed by atoms with Gasteiger partial charge in [-0.15, -0.1) is 0 Å². The van der Waals surface area contributed by atoms with Gasteiger partial charge in [-0.05, 0) is 47.0 Å². The molecule has 0 saturated carbocycles. The fourth-order valence-corrected chi connectivity index (χ4v) is 4.32. The molecule has 1 aliphatic rings. The molecule has 0 bridgehead atoms. The van der Waals surface area contributed by atoms with E-state index in [-0.39, 0.29) is 11.9 Å². The highest BCUT2D eigenvalue weighted by atomic mass is 16.5. The fourth-order valence-electron chi connectivity index (χ4n) is 4.32. The van der Waals surface area contributed by atoms with Crippen LogP contribution in [-0.4, -0.2) is 50.6 Å². The minimum Gasteiger partial charge on any atom is -0.424 e. The first-order chi connectivity index (χ1) is 16.6. The third kappa shape index (κ3) is 4.77. The Hall–Kier alpha value is -3.78. The number of likely N-dealkylation sites (tertiary alicyclic amines) is 1. The Morgan fingerprint density at radius 2 is 1.91 bits per heavy atom. The normalized spacial score (nSPS) is 14.7. The van der Waals surface area contributed by atoms with Crippen LogP contribution in [0.5, 0.6) is 11.8 Å². The number of carbonyl (C=O) groups excluding carboxylic acids is 1. The van der Waals surface area contributed by atoms with Crippen LogP contribution >= 0.6 is 0 Å². The van der Waals surface area contributed by atoms with E-state index in [1.807, 2.05) is 23.1 Å². The molecule has 1 saturated heterocycles. The van der Waals surface area contributed by atoms with E-state index < -0.39 is 0 Å². The summed E-state index contributed by atoms with van der Waals surface area (Å²) in [6.07, 6.45) is 6.11. The number of H-pyrrole nitrogens is 1. The summed E-state index contributed by atoms with van der Waals surface area (Å²) in [4.78, 5) is 21.9. The first-order valence-electron chi connectivity index (χ1n) is 11.6. The van der Waals surface area contributed by atoms with Gasteiger partial charge in [0, 0.05) is 62.7 Å². The summed E-state index contributed by atoms with van der Waals surface area (Å²) in [5.74, 6) is 1.40. The van der Waals surface area contributed by atoms with Crippen molar-refractivity contribution in [3.8, 4) is 23.0 Å². The highest BCUT2D eigenvalue weighted by Gasteiger charge is 2.28. The molecule has 5 rings (SSSR count). The maximum Gasteiger partial charge on any atom is 0.321 e. The van der Waals surface area contributed by atoms with Crippen LogP contribution in [0.25, 0.3) is 22.0 Å². The number of fused-ring (bicyclic) bond motifs is 1. The van der Waals surface area contributed by atoms with E-state index in [1.165, 1.54) is 5.56 Å². The Bertz CT molecular complexity index is 1270. The number of carbonyl (C=O) groups is 1. The molecule has 8 nitrogen and oxygen atoms in total. The van der Waals surface area contributed by atoms with Crippen molar-refractivity contribution in [1.82, 2.24) is 30.4 Å². The number of ether oxygens (including phenoxy) is 1. The monoisotopic (exact) mass is 456 g/mol. The maximum absolute atomic E-state index is 11.4. The topological polar surface area (TPSA) is 96.0 Å². The van der Waals surface area contributed by atoms with Gasteiger partial charge in [-0.2, -0.15) is 5.10 Å². The first kappa shape index (κ1) is 22.0. The molecule has 1 atom stereocenters. The lowest BCUT2D eigenvalue weighted by Gasteiger charge is -2.39. The number of nitrogens with zero attached hydrogens (tertiary/aromatic N) is 4. The quantitative estimate of drug-likeness (QED) is 0.410. The Morgan fingerprint density at radius 3 is 2.62 bits per heavy atom. The van der Waals surface area contributed by atoms with Crippen LogP contribution < -0.4 is 10.1 Å². The number of benzene rings is 2. The molecular formula is C26H28N6O2. The molecule has 2 aromatic heterocycles. The Kier molecular flexibility index (Phi) is 6.22. The minimum atomic E-state index is 0.166. The predicted octanol–water partition coefficient (Wildman–Crippen LogP) is 4.33. The molecule has 4 aromatic rings. The number of aromatic amines is 1. The van der Waals surface area contributed by atoms with Crippen molar-refractivity contribution in [1.29, 1.82) is 0 Å². The van der Waals surface area contributed by atoms with Crippen LogP contribution in [0.2, 0.25) is 0 Å². The largest absolute Gasteiger partial charge is 0.424 e. The number of aromatic nitrogens is 4. The predicted molar refractivity (Wildman–Crippen MR) is 130 cm³/mol. The van der Waals surface area contributed by atoms with Gasteiger partial charge in [0.05, 0.1) is 5.69 Å². The van der Waals surface area contributed by atoms with Gasteiger partial charge >= 0.3 is 6.01 Å². The summed E-state index contributed by atoms with van der Waals surface area (Å²) in [5.41, 5.74) is 2.98. The van der Waals surface area contributed by atoms with Gasteiger partial charge in [-0.3, -0.25) is 9.89 Å². The Morgan fingerprint density at radius 1 is 1.15 bits per heavy atom. The van der Waals surface area contributed by atoms with Crippen molar-refractivity contribution in [3.63, 3.8) is 0 Å². The second-order valence-corrected chi connectivity index (χ2v) is 8.75. The molecule has 8 heteroatoms. The lowest BCUT2D eigenvalue weighted by Crippen LogP contribution is -2.52. The Balaban J connectivity index is 1.23. The third-order valence-electron chi connectivity index (χ3n) is 6.35. The van der Waals surface area contributed by atoms with Gasteiger partial charge in [-0.1, -0.05) is 25.1 Å². The van der Waals surface area contributed by atoms with Crippen molar-refractivity contribution in [2.24, 2.45) is 5.92 Å². The van der Waals surface area contributed by atoms with Crippen LogP contribution in [0, 0.1) is 5.92 Å². The van der Waals surface area contributed by atoms with Crippen LogP contribution in [-0.2, 0) is 4.79 Å². The zero-order chi connectivity index (χ0) is 23.5. The molecule has 2 N–H and O–H groups in total. The number of hydrogen-bond donors (Lipinski definition) is 2. The van der Waals surface area contributed by atoms with Crippen molar-refractivity contribution in [2.75, 3.05) is 19.6 Å². The van der Waals surface area contributed by atoms with Crippen molar-refractivity contribution < 1.29 is 9.53 Å². The fraction of sp³-hybridized carbons (Fsp3) is 0.308. The summed E-state index contributed by atoms with van der Waals surface area (Å²) in [7, 11) is 0.